The molecule has 166 valence electrons. The van der Waals surface area contributed by atoms with Gasteiger partial charge in [0.15, 0.2) is 11.6 Å². The third-order valence-electron chi connectivity index (χ3n) is 6.48. The Labute approximate surface area is 193 Å². The van der Waals surface area contributed by atoms with Crippen molar-refractivity contribution < 1.29 is 4.79 Å². The van der Waals surface area contributed by atoms with Gasteiger partial charge in [-0.05, 0) is 68.7 Å². The van der Waals surface area contributed by atoms with E-state index in [1.54, 1.807) is 12.1 Å². The maximum absolute atomic E-state index is 13.0. The van der Waals surface area contributed by atoms with Crippen molar-refractivity contribution in [3.63, 3.8) is 0 Å². The molecule has 1 aliphatic carbocycles. The van der Waals surface area contributed by atoms with Crippen molar-refractivity contribution in [1.29, 1.82) is 5.26 Å². The molecule has 5 rings (SSSR count). The molecule has 7 heteroatoms. The second-order valence-corrected chi connectivity index (χ2v) is 8.35. The third kappa shape index (κ3) is 3.68. The number of allylic oxidation sites excluding steroid dienone is 2. The van der Waals surface area contributed by atoms with Crippen LogP contribution < -0.4 is 10.2 Å². The molecule has 2 aromatic carbocycles. The molecule has 1 unspecified atom stereocenters. The number of rotatable bonds is 5. The number of Topliss-reactive ketones (excluding diaryl/α,β-unsaturated/α-hetero) is 1. The van der Waals surface area contributed by atoms with Gasteiger partial charge in [0, 0.05) is 42.0 Å². The molecule has 1 N–H and O–H groups in total. The Morgan fingerprint density at radius 1 is 1.09 bits per heavy atom. The molecule has 0 radical (unpaired) electrons. The molecule has 0 saturated heterocycles. The molecule has 3 aromatic rings. The van der Waals surface area contributed by atoms with Crippen molar-refractivity contribution >= 4 is 17.4 Å². The molecule has 0 saturated carbocycles. The molecule has 7 nitrogen and oxygen atoms in total. The SMILES string of the molecule is CCN(CC)c1ccc(-c2nc3n(n2)C(c2ccc(C#N)cc2)C2=C(CCCC2=O)N3)cc1. The third-order valence-corrected chi connectivity index (χ3v) is 6.48. The van der Waals surface area contributed by atoms with Crippen molar-refractivity contribution in [1.82, 2.24) is 14.8 Å². The number of anilines is 2. The Hall–Kier alpha value is -3.92. The van der Waals surface area contributed by atoms with Gasteiger partial charge in [0.1, 0.15) is 6.04 Å². The van der Waals surface area contributed by atoms with Crippen LogP contribution in [0.2, 0.25) is 0 Å². The van der Waals surface area contributed by atoms with Crippen molar-refractivity contribution in [3.8, 4) is 17.5 Å². The van der Waals surface area contributed by atoms with Gasteiger partial charge >= 0.3 is 0 Å². The predicted molar refractivity (Wildman–Crippen MR) is 128 cm³/mol. The summed E-state index contributed by atoms with van der Waals surface area (Å²) in [5.41, 5.74) is 5.30. The lowest BCUT2D eigenvalue weighted by molar-refractivity contribution is -0.116. The zero-order valence-electron chi connectivity index (χ0n) is 18.9. The van der Waals surface area contributed by atoms with E-state index in [9.17, 15) is 10.1 Å². The summed E-state index contributed by atoms with van der Waals surface area (Å²) < 4.78 is 1.82. The second-order valence-electron chi connectivity index (χ2n) is 8.35. The topological polar surface area (TPSA) is 86.8 Å². The Kier molecular flexibility index (Phi) is 5.43. The number of nitriles is 1. The van der Waals surface area contributed by atoms with Crippen LogP contribution in [0.3, 0.4) is 0 Å². The summed E-state index contributed by atoms with van der Waals surface area (Å²) in [4.78, 5) is 20.0. The second kappa shape index (κ2) is 8.55. The number of nitrogens with zero attached hydrogens (tertiary/aromatic N) is 5. The summed E-state index contributed by atoms with van der Waals surface area (Å²) >= 11 is 0. The van der Waals surface area contributed by atoms with Gasteiger partial charge in [0.25, 0.3) is 0 Å². The molecule has 1 aliphatic heterocycles. The van der Waals surface area contributed by atoms with Gasteiger partial charge in [-0.25, -0.2) is 4.68 Å². The molecule has 0 amide bonds. The fraction of sp³-hybridized carbons (Fsp3) is 0.308. The minimum Gasteiger partial charge on any atom is -0.372 e. The Morgan fingerprint density at radius 2 is 1.82 bits per heavy atom. The van der Waals surface area contributed by atoms with Gasteiger partial charge in [0.05, 0.1) is 11.6 Å². The van der Waals surface area contributed by atoms with Crippen LogP contribution in [-0.2, 0) is 4.79 Å². The van der Waals surface area contributed by atoms with Gasteiger partial charge in [-0.15, -0.1) is 5.10 Å². The van der Waals surface area contributed by atoms with Gasteiger partial charge in [-0.3, -0.25) is 4.79 Å². The highest BCUT2D eigenvalue weighted by Crippen LogP contribution is 2.40. The Morgan fingerprint density at radius 3 is 2.48 bits per heavy atom. The molecule has 0 fully saturated rings. The Balaban J connectivity index is 1.57. The number of nitrogens with one attached hydrogen (secondary N) is 1. The highest BCUT2D eigenvalue weighted by molar-refractivity contribution is 5.99. The lowest BCUT2D eigenvalue weighted by Crippen LogP contribution is -2.31. The molecule has 0 spiro atoms. The minimum atomic E-state index is -0.354. The Bertz CT molecular complexity index is 1260. The highest BCUT2D eigenvalue weighted by atomic mass is 16.1. The van der Waals surface area contributed by atoms with E-state index < -0.39 is 0 Å². The smallest absolute Gasteiger partial charge is 0.226 e. The van der Waals surface area contributed by atoms with E-state index in [1.165, 1.54) is 5.69 Å². The summed E-state index contributed by atoms with van der Waals surface area (Å²) in [5.74, 6) is 1.40. The zero-order valence-corrected chi connectivity index (χ0v) is 18.9. The quantitative estimate of drug-likeness (QED) is 0.622. The number of hydrogen-bond donors (Lipinski definition) is 1. The number of carbonyl (C=O) groups is 1. The monoisotopic (exact) mass is 438 g/mol. The number of fused-ring (bicyclic) bond motifs is 1. The van der Waals surface area contributed by atoms with Crippen molar-refractivity contribution in [2.75, 3.05) is 23.3 Å². The highest BCUT2D eigenvalue weighted by Gasteiger charge is 2.36. The predicted octanol–water partition coefficient (Wildman–Crippen LogP) is 4.68. The lowest BCUT2D eigenvalue weighted by atomic mass is 9.85. The average Bonchev–Trinajstić information content (AvgIpc) is 3.28. The summed E-state index contributed by atoms with van der Waals surface area (Å²) in [6, 6.07) is 17.5. The van der Waals surface area contributed by atoms with E-state index in [4.69, 9.17) is 10.1 Å². The molecule has 2 aliphatic rings. The number of aromatic nitrogens is 3. The molecule has 2 heterocycles. The fourth-order valence-electron chi connectivity index (χ4n) is 4.74. The maximum Gasteiger partial charge on any atom is 0.226 e. The van der Waals surface area contributed by atoms with E-state index in [0.29, 0.717) is 23.8 Å². The summed E-state index contributed by atoms with van der Waals surface area (Å²) in [5, 5.41) is 17.4. The number of hydrogen-bond acceptors (Lipinski definition) is 6. The average molecular weight is 439 g/mol. The van der Waals surface area contributed by atoms with Crippen LogP contribution in [0.15, 0.2) is 59.8 Å². The normalized spacial score (nSPS) is 17.1. The van der Waals surface area contributed by atoms with Crippen LogP contribution in [-0.4, -0.2) is 33.6 Å². The van der Waals surface area contributed by atoms with Crippen LogP contribution in [0.5, 0.6) is 0 Å². The van der Waals surface area contributed by atoms with Crippen molar-refractivity contribution in [2.24, 2.45) is 0 Å². The van der Waals surface area contributed by atoms with Crippen molar-refractivity contribution in [3.05, 3.63) is 70.9 Å². The zero-order chi connectivity index (χ0) is 22.9. The van der Waals surface area contributed by atoms with Crippen LogP contribution in [0.1, 0.15) is 50.3 Å². The number of ketones is 1. The first-order valence-electron chi connectivity index (χ1n) is 11.5. The molecule has 33 heavy (non-hydrogen) atoms. The first kappa shape index (κ1) is 21.0. The van der Waals surface area contributed by atoms with Crippen LogP contribution in [0.25, 0.3) is 11.4 Å². The van der Waals surface area contributed by atoms with E-state index >= 15 is 0 Å². The van der Waals surface area contributed by atoms with Gasteiger partial charge in [-0.2, -0.15) is 10.2 Å². The molecular formula is C26H26N6O. The van der Waals surface area contributed by atoms with E-state index in [1.807, 2.05) is 28.9 Å². The maximum atomic E-state index is 13.0. The largest absolute Gasteiger partial charge is 0.372 e. The summed E-state index contributed by atoms with van der Waals surface area (Å²) in [6.45, 7) is 6.20. The minimum absolute atomic E-state index is 0.143. The first-order valence-corrected chi connectivity index (χ1v) is 11.5. The van der Waals surface area contributed by atoms with Crippen molar-refractivity contribution in [2.45, 2.75) is 39.2 Å². The number of benzene rings is 2. The molecule has 1 aromatic heterocycles. The summed E-state index contributed by atoms with van der Waals surface area (Å²) in [6.07, 6.45) is 2.18. The van der Waals surface area contributed by atoms with E-state index in [2.05, 4.69) is 42.3 Å². The van der Waals surface area contributed by atoms with Crippen LogP contribution in [0, 0.1) is 11.3 Å². The van der Waals surface area contributed by atoms with Gasteiger partial charge < -0.3 is 10.2 Å². The summed E-state index contributed by atoms with van der Waals surface area (Å²) in [7, 11) is 0. The van der Waals surface area contributed by atoms with Gasteiger partial charge in [0.2, 0.25) is 5.95 Å². The first-order chi connectivity index (χ1) is 16.1. The number of carbonyl (C=O) groups excluding carboxylic acids is 1. The lowest BCUT2D eigenvalue weighted by Gasteiger charge is -2.32. The van der Waals surface area contributed by atoms with E-state index in [-0.39, 0.29) is 11.8 Å². The van der Waals surface area contributed by atoms with Crippen LogP contribution >= 0.6 is 0 Å². The van der Waals surface area contributed by atoms with Crippen LogP contribution in [0.4, 0.5) is 11.6 Å². The molecular weight excluding hydrogens is 412 g/mol. The standard InChI is InChI=1S/C26H26N6O/c1-3-31(4-2)20-14-12-19(13-15-20)25-29-26-28-21-6-5-7-22(33)23(21)24(32(26)30-25)18-10-8-17(16-27)9-11-18/h8-15,24H,3-7H2,1-2H3,(H,28,29,30). The van der Waals surface area contributed by atoms with E-state index in [0.717, 1.165) is 48.3 Å². The molecule has 0 bridgehead atoms. The van der Waals surface area contributed by atoms with Gasteiger partial charge in [-0.1, -0.05) is 12.1 Å². The fourth-order valence-corrected chi connectivity index (χ4v) is 4.74. The molecule has 1 atom stereocenters.